The summed E-state index contributed by atoms with van der Waals surface area (Å²) in [6.07, 6.45) is 3.52. The molecule has 2 aromatic carbocycles. The molecule has 1 amide bonds. The minimum Gasteiger partial charge on any atom is -0.462 e. The lowest BCUT2D eigenvalue weighted by Gasteiger charge is -2.33. The molecule has 0 saturated carbocycles. The first-order chi connectivity index (χ1) is 14.1. The van der Waals surface area contributed by atoms with Gasteiger partial charge in [-0.05, 0) is 62.6 Å². The lowest BCUT2D eigenvalue weighted by atomic mass is 9.95. The predicted molar refractivity (Wildman–Crippen MR) is 116 cm³/mol. The van der Waals surface area contributed by atoms with E-state index in [2.05, 4.69) is 48.3 Å². The van der Waals surface area contributed by atoms with E-state index in [9.17, 15) is 9.59 Å². The zero-order valence-electron chi connectivity index (χ0n) is 17.3. The predicted octanol–water partition coefficient (Wildman–Crippen LogP) is 4.81. The first kappa shape index (κ1) is 20.9. The van der Waals surface area contributed by atoms with E-state index in [4.69, 9.17) is 4.74 Å². The van der Waals surface area contributed by atoms with Crippen LogP contribution in [0.15, 0.2) is 48.5 Å². The molecule has 0 aromatic heterocycles. The number of amides is 1. The van der Waals surface area contributed by atoms with Crippen molar-refractivity contribution in [3.8, 4) is 0 Å². The number of hydrogen-bond acceptors (Lipinski definition) is 4. The molecule has 0 aliphatic carbocycles. The van der Waals surface area contributed by atoms with E-state index in [-0.39, 0.29) is 17.8 Å². The van der Waals surface area contributed by atoms with E-state index in [1.165, 1.54) is 11.3 Å². The van der Waals surface area contributed by atoms with E-state index in [1.807, 2.05) is 0 Å². The molecule has 0 radical (unpaired) electrons. The van der Waals surface area contributed by atoms with Crippen LogP contribution in [0.2, 0.25) is 0 Å². The number of esters is 1. The van der Waals surface area contributed by atoms with Crippen molar-refractivity contribution >= 4 is 23.3 Å². The summed E-state index contributed by atoms with van der Waals surface area (Å²) >= 11 is 0. The van der Waals surface area contributed by atoms with Gasteiger partial charge in [0.15, 0.2) is 0 Å². The van der Waals surface area contributed by atoms with Crippen molar-refractivity contribution in [3.63, 3.8) is 0 Å². The SMILES string of the molecule is CCCCOC(=O)c1ccc(NC(=O)C2CCN(c3ccc(C)cc3)CC2)cc1. The number of rotatable bonds is 7. The molecule has 0 unspecified atom stereocenters. The lowest BCUT2D eigenvalue weighted by molar-refractivity contribution is -0.120. The van der Waals surface area contributed by atoms with Crippen molar-refractivity contribution in [2.45, 2.75) is 39.5 Å². The highest BCUT2D eigenvalue weighted by Gasteiger charge is 2.25. The van der Waals surface area contributed by atoms with Gasteiger partial charge in [0.2, 0.25) is 5.91 Å². The molecule has 3 rings (SSSR count). The standard InChI is InChI=1S/C24H30N2O3/c1-3-4-17-29-24(28)20-7-9-21(10-8-20)25-23(27)19-13-15-26(16-14-19)22-11-5-18(2)6-12-22/h5-12,19H,3-4,13-17H2,1-2H3,(H,25,27). The van der Waals surface area contributed by atoms with E-state index in [0.29, 0.717) is 17.9 Å². The molecule has 1 fully saturated rings. The summed E-state index contributed by atoms with van der Waals surface area (Å²) in [5.41, 5.74) is 3.69. The van der Waals surface area contributed by atoms with Crippen molar-refractivity contribution < 1.29 is 14.3 Å². The second-order valence-corrected chi connectivity index (χ2v) is 7.65. The zero-order valence-corrected chi connectivity index (χ0v) is 17.3. The first-order valence-corrected chi connectivity index (χ1v) is 10.5. The molecule has 1 heterocycles. The summed E-state index contributed by atoms with van der Waals surface area (Å²) in [5.74, 6) is -0.262. The third kappa shape index (κ3) is 5.83. The van der Waals surface area contributed by atoms with E-state index in [1.54, 1.807) is 24.3 Å². The van der Waals surface area contributed by atoms with Gasteiger partial charge in [-0.1, -0.05) is 31.0 Å². The van der Waals surface area contributed by atoms with E-state index < -0.39 is 0 Å². The first-order valence-electron chi connectivity index (χ1n) is 10.5. The van der Waals surface area contributed by atoms with Gasteiger partial charge >= 0.3 is 5.97 Å². The number of hydrogen-bond donors (Lipinski definition) is 1. The summed E-state index contributed by atoms with van der Waals surface area (Å²) < 4.78 is 5.21. The van der Waals surface area contributed by atoms with Gasteiger partial charge in [0, 0.05) is 30.4 Å². The van der Waals surface area contributed by atoms with Crippen LogP contribution in [0.3, 0.4) is 0 Å². The maximum Gasteiger partial charge on any atom is 0.338 e. The minimum absolute atomic E-state index is 0.00961. The number of nitrogens with zero attached hydrogens (tertiary/aromatic N) is 1. The Morgan fingerprint density at radius 2 is 1.69 bits per heavy atom. The average molecular weight is 395 g/mol. The Morgan fingerprint density at radius 3 is 2.31 bits per heavy atom. The van der Waals surface area contributed by atoms with Crippen LogP contribution in [0.1, 0.15) is 48.5 Å². The number of benzene rings is 2. The number of nitrogens with one attached hydrogen (secondary N) is 1. The van der Waals surface area contributed by atoms with Crippen LogP contribution >= 0.6 is 0 Å². The van der Waals surface area contributed by atoms with Crippen molar-refractivity contribution in [1.29, 1.82) is 0 Å². The van der Waals surface area contributed by atoms with Crippen molar-refractivity contribution in [3.05, 3.63) is 59.7 Å². The van der Waals surface area contributed by atoms with Crippen LogP contribution < -0.4 is 10.2 Å². The van der Waals surface area contributed by atoms with Crippen LogP contribution in [0.25, 0.3) is 0 Å². The third-order valence-electron chi connectivity index (χ3n) is 5.38. The normalized spacial score (nSPS) is 14.5. The van der Waals surface area contributed by atoms with Gasteiger partial charge in [-0.3, -0.25) is 4.79 Å². The number of aryl methyl sites for hydroxylation is 1. The van der Waals surface area contributed by atoms with Crippen LogP contribution in [0, 0.1) is 12.8 Å². The number of unbranched alkanes of at least 4 members (excludes halogenated alkanes) is 1. The minimum atomic E-state index is -0.320. The molecule has 1 N–H and O–H groups in total. The highest BCUT2D eigenvalue weighted by Crippen LogP contribution is 2.24. The van der Waals surface area contributed by atoms with Gasteiger partial charge in [-0.15, -0.1) is 0 Å². The Bertz CT molecular complexity index is 807. The summed E-state index contributed by atoms with van der Waals surface area (Å²) in [6, 6.07) is 15.4. The Balaban J connectivity index is 1.48. The van der Waals surface area contributed by atoms with Crippen molar-refractivity contribution in [2.24, 2.45) is 5.92 Å². The van der Waals surface area contributed by atoms with Crippen LogP contribution in [-0.4, -0.2) is 31.6 Å². The fraction of sp³-hybridized carbons (Fsp3) is 0.417. The lowest BCUT2D eigenvalue weighted by Crippen LogP contribution is -2.38. The van der Waals surface area contributed by atoms with Gasteiger partial charge in [0.25, 0.3) is 0 Å². The average Bonchev–Trinajstić information content (AvgIpc) is 2.75. The Kier molecular flexibility index (Phi) is 7.28. The molecule has 5 nitrogen and oxygen atoms in total. The third-order valence-corrected chi connectivity index (χ3v) is 5.38. The van der Waals surface area contributed by atoms with Gasteiger partial charge in [0.1, 0.15) is 0 Å². The maximum atomic E-state index is 12.6. The maximum absolute atomic E-state index is 12.6. The molecule has 2 aromatic rings. The number of carbonyl (C=O) groups is 2. The van der Waals surface area contributed by atoms with Gasteiger partial charge in [0.05, 0.1) is 12.2 Å². The fourth-order valence-electron chi connectivity index (χ4n) is 3.48. The molecule has 1 aliphatic heterocycles. The zero-order chi connectivity index (χ0) is 20.6. The largest absolute Gasteiger partial charge is 0.462 e. The molecular weight excluding hydrogens is 364 g/mol. The van der Waals surface area contributed by atoms with E-state index >= 15 is 0 Å². The van der Waals surface area contributed by atoms with Crippen LogP contribution in [-0.2, 0) is 9.53 Å². The second-order valence-electron chi connectivity index (χ2n) is 7.65. The number of piperidine rings is 1. The highest BCUT2D eigenvalue weighted by molar-refractivity contribution is 5.94. The molecular formula is C24H30N2O3. The van der Waals surface area contributed by atoms with Crippen LogP contribution in [0.5, 0.6) is 0 Å². The molecule has 0 spiro atoms. The summed E-state index contributed by atoms with van der Waals surface area (Å²) in [5, 5.41) is 2.98. The quantitative estimate of drug-likeness (QED) is 0.541. The molecule has 1 aliphatic rings. The van der Waals surface area contributed by atoms with E-state index in [0.717, 1.165) is 38.8 Å². The Morgan fingerprint density at radius 1 is 1.03 bits per heavy atom. The monoisotopic (exact) mass is 394 g/mol. The van der Waals surface area contributed by atoms with Gasteiger partial charge < -0.3 is 15.0 Å². The van der Waals surface area contributed by atoms with Crippen molar-refractivity contribution in [1.82, 2.24) is 0 Å². The number of anilines is 2. The topological polar surface area (TPSA) is 58.6 Å². The van der Waals surface area contributed by atoms with Gasteiger partial charge in [-0.25, -0.2) is 4.79 Å². The Hall–Kier alpha value is -2.82. The second kappa shape index (κ2) is 10.1. The highest BCUT2D eigenvalue weighted by atomic mass is 16.5. The summed E-state index contributed by atoms with van der Waals surface area (Å²) in [6.45, 7) is 6.34. The van der Waals surface area contributed by atoms with Gasteiger partial charge in [-0.2, -0.15) is 0 Å². The number of carbonyl (C=O) groups excluding carboxylic acids is 2. The molecule has 29 heavy (non-hydrogen) atoms. The fourth-order valence-corrected chi connectivity index (χ4v) is 3.48. The van der Waals surface area contributed by atoms with Crippen molar-refractivity contribution in [2.75, 3.05) is 29.9 Å². The molecule has 1 saturated heterocycles. The summed E-state index contributed by atoms with van der Waals surface area (Å²) in [4.78, 5) is 26.9. The molecule has 5 heteroatoms. The molecule has 154 valence electrons. The van der Waals surface area contributed by atoms with Crippen LogP contribution in [0.4, 0.5) is 11.4 Å². The molecule has 0 atom stereocenters. The number of ether oxygens (including phenoxy) is 1. The smallest absolute Gasteiger partial charge is 0.338 e. The summed E-state index contributed by atoms with van der Waals surface area (Å²) in [7, 11) is 0. The Labute approximate surface area is 173 Å². The molecule has 0 bridgehead atoms.